The Kier molecular flexibility index (Phi) is 5.08. The Bertz CT molecular complexity index is 524. The molecule has 1 aromatic carbocycles. The molecule has 0 aromatic heterocycles. The molecule has 0 spiro atoms. The van der Waals surface area contributed by atoms with Gasteiger partial charge in [-0.1, -0.05) is 24.6 Å². The van der Waals surface area contributed by atoms with Crippen LogP contribution in [-0.4, -0.2) is 58.2 Å². The average Bonchev–Trinajstić information content (AvgIpc) is 2.43. The van der Waals surface area contributed by atoms with Gasteiger partial charge in [-0.25, -0.2) is 0 Å². The maximum atomic E-state index is 11.7. The molecule has 2 unspecified atom stereocenters. The van der Waals surface area contributed by atoms with Crippen molar-refractivity contribution in [2.75, 3.05) is 26.2 Å². The molecule has 1 fully saturated rings. The predicted molar refractivity (Wildman–Crippen MR) is 81.8 cm³/mol. The number of aliphatic carboxylic acids is 1. The molecule has 0 amide bonds. The smallest absolute Gasteiger partial charge is 0.325 e. The third kappa shape index (κ3) is 3.48. The van der Waals surface area contributed by atoms with E-state index >= 15 is 0 Å². The lowest BCUT2D eigenvalue weighted by molar-refractivity contribution is -0.144. The summed E-state index contributed by atoms with van der Waals surface area (Å²) in [4.78, 5) is 16.0. The minimum atomic E-state index is -0.895. The largest absolute Gasteiger partial charge is 0.506 e. The normalized spacial score (nSPS) is 22.1. The number of carbonyl (C=O) groups is 1. The van der Waals surface area contributed by atoms with Crippen LogP contribution in [0.5, 0.6) is 5.75 Å². The first kappa shape index (κ1) is 16.1. The van der Waals surface area contributed by atoms with E-state index in [1.807, 2.05) is 4.90 Å². The van der Waals surface area contributed by atoms with Crippen LogP contribution in [0.4, 0.5) is 0 Å². The lowest BCUT2D eigenvalue weighted by Crippen LogP contribution is -2.53. The van der Waals surface area contributed by atoms with Crippen LogP contribution in [0.1, 0.15) is 25.5 Å². The van der Waals surface area contributed by atoms with Crippen LogP contribution >= 0.6 is 11.6 Å². The molecule has 0 bridgehead atoms. The van der Waals surface area contributed by atoms with Gasteiger partial charge in [0.05, 0.1) is 5.02 Å². The summed E-state index contributed by atoms with van der Waals surface area (Å²) < 4.78 is 0. The third-order valence-corrected chi connectivity index (χ3v) is 4.39. The lowest BCUT2D eigenvalue weighted by Gasteiger charge is -2.41. The Balaban J connectivity index is 2.23. The number of hydrogen-bond acceptors (Lipinski definition) is 4. The summed E-state index contributed by atoms with van der Waals surface area (Å²) in [5, 5.41) is 19.3. The Morgan fingerprint density at radius 3 is 2.71 bits per heavy atom. The van der Waals surface area contributed by atoms with Crippen LogP contribution in [0.25, 0.3) is 0 Å². The van der Waals surface area contributed by atoms with Crippen LogP contribution in [0.15, 0.2) is 18.2 Å². The fraction of sp³-hybridized carbons (Fsp3) is 0.533. The Morgan fingerprint density at radius 2 is 2.19 bits per heavy atom. The summed E-state index contributed by atoms with van der Waals surface area (Å²) >= 11 is 5.91. The Morgan fingerprint density at radius 1 is 1.48 bits per heavy atom. The number of phenolic OH excluding ortho intramolecular Hbond substituents is 1. The number of piperazine rings is 1. The van der Waals surface area contributed by atoms with Gasteiger partial charge < -0.3 is 10.2 Å². The molecule has 2 rings (SSSR count). The maximum Gasteiger partial charge on any atom is 0.325 e. The van der Waals surface area contributed by atoms with Crippen molar-refractivity contribution >= 4 is 17.6 Å². The van der Waals surface area contributed by atoms with Crippen molar-refractivity contribution in [2.45, 2.75) is 25.9 Å². The summed E-state index contributed by atoms with van der Waals surface area (Å²) in [6, 6.07) is 4.19. The molecule has 5 nitrogen and oxygen atoms in total. The van der Waals surface area contributed by atoms with E-state index in [0.29, 0.717) is 24.7 Å². The summed E-state index contributed by atoms with van der Waals surface area (Å²) in [6.45, 7) is 7.45. The summed E-state index contributed by atoms with van der Waals surface area (Å²) in [5.41, 5.74) is 0.599. The van der Waals surface area contributed by atoms with Gasteiger partial charge in [0, 0.05) is 25.7 Å². The van der Waals surface area contributed by atoms with Gasteiger partial charge in [-0.15, -0.1) is 0 Å². The molecule has 1 aliphatic heterocycles. The van der Waals surface area contributed by atoms with Crippen molar-refractivity contribution in [3.8, 4) is 5.75 Å². The Labute approximate surface area is 129 Å². The van der Waals surface area contributed by atoms with E-state index in [4.69, 9.17) is 11.6 Å². The number of nitrogens with zero attached hydrogens (tertiary/aromatic N) is 2. The van der Waals surface area contributed by atoms with Crippen LogP contribution < -0.4 is 0 Å². The van der Waals surface area contributed by atoms with Crippen LogP contribution in [0, 0.1) is 0 Å². The molecule has 2 N–H and O–H groups in total. The zero-order valence-corrected chi connectivity index (χ0v) is 13.0. The summed E-state index contributed by atoms with van der Waals surface area (Å²) in [7, 11) is 0. The summed E-state index contributed by atoms with van der Waals surface area (Å²) in [6.07, 6.45) is 0. The van der Waals surface area contributed by atoms with E-state index in [2.05, 4.69) is 18.7 Å². The number of carboxylic acids is 1. The average molecular weight is 313 g/mol. The van der Waals surface area contributed by atoms with Gasteiger partial charge in [0.2, 0.25) is 0 Å². The number of carboxylic acid groups (broad SMARTS) is 1. The summed E-state index contributed by atoms with van der Waals surface area (Å²) in [5.74, 6) is -0.928. The van der Waals surface area contributed by atoms with E-state index in [1.54, 1.807) is 6.07 Å². The van der Waals surface area contributed by atoms with Crippen molar-refractivity contribution in [2.24, 2.45) is 0 Å². The predicted octanol–water partition coefficient (Wildman–Crippen LogP) is 2.20. The fourth-order valence-electron chi connectivity index (χ4n) is 2.93. The maximum absolute atomic E-state index is 11.7. The van der Waals surface area contributed by atoms with E-state index in [9.17, 15) is 15.0 Å². The van der Waals surface area contributed by atoms with Crippen molar-refractivity contribution in [3.05, 3.63) is 28.8 Å². The first-order valence-corrected chi connectivity index (χ1v) is 7.51. The zero-order valence-electron chi connectivity index (χ0n) is 12.3. The molecule has 0 aliphatic carbocycles. The molecular formula is C15H21ClN2O3. The van der Waals surface area contributed by atoms with E-state index in [1.165, 1.54) is 12.1 Å². The number of halogens is 1. The van der Waals surface area contributed by atoms with Crippen LogP contribution in [0.2, 0.25) is 5.02 Å². The number of likely N-dealkylation sites (N-methyl/N-ethyl adjacent to an activating group) is 1. The molecule has 1 aromatic rings. The molecule has 1 aliphatic rings. The van der Waals surface area contributed by atoms with Crippen LogP contribution in [0.3, 0.4) is 0 Å². The minimum Gasteiger partial charge on any atom is -0.506 e. The van der Waals surface area contributed by atoms with Gasteiger partial charge in [0.15, 0.2) is 0 Å². The molecule has 6 heteroatoms. The number of aromatic hydroxyl groups is 1. The Hall–Kier alpha value is -1.30. The second-order valence-corrected chi connectivity index (χ2v) is 5.83. The van der Waals surface area contributed by atoms with Crippen molar-refractivity contribution in [1.29, 1.82) is 0 Å². The van der Waals surface area contributed by atoms with E-state index in [-0.39, 0.29) is 10.8 Å². The van der Waals surface area contributed by atoms with Crippen molar-refractivity contribution in [1.82, 2.24) is 9.80 Å². The second kappa shape index (κ2) is 6.64. The number of hydrogen-bond donors (Lipinski definition) is 2. The highest BCUT2D eigenvalue weighted by molar-refractivity contribution is 6.32. The van der Waals surface area contributed by atoms with Crippen molar-refractivity contribution < 1.29 is 15.0 Å². The molecule has 1 saturated heterocycles. The standard InChI is InChI=1S/C15H21ClN2O3/c1-3-17-6-7-18(9-10(17)2)14(15(20)21)11-4-5-13(19)12(16)8-11/h4-5,8,10,14,19H,3,6-7,9H2,1-2H3,(H,20,21). The highest BCUT2D eigenvalue weighted by Crippen LogP contribution is 2.30. The van der Waals surface area contributed by atoms with Crippen molar-refractivity contribution in [3.63, 3.8) is 0 Å². The minimum absolute atomic E-state index is 0.0336. The number of benzene rings is 1. The quantitative estimate of drug-likeness (QED) is 0.892. The van der Waals surface area contributed by atoms with Gasteiger partial charge in [-0.05, 0) is 31.2 Å². The zero-order chi connectivity index (χ0) is 15.6. The van der Waals surface area contributed by atoms with Gasteiger partial charge >= 0.3 is 5.97 Å². The number of rotatable bonds is 4. The first-order valence-electron chi connectivity index (χ1n) is 7.13. The van der Waals surface area contributed by atoms with Crippen LogP contribution in [-0.2, 0) is 4.79 Å². The third-order valence-electron chi connectivity index (χ3n) is 4.09. The highest BCUT2D eigenvalue weighted by Gasteiger charge is 2.33. The second-order valence-electron chi connectivity index (χ2n) is 5.42. The van der Waals surface area contributed by atoms with Gasteiger partial charge in [-0.2, -0.15) is 0 Å². The number of phenols is 1. The topological polar surface area (TPSA) is 64.0 Å². The first-order chi connectivity index (χ1) is 9.93. The van der Waals surface area contributed by atoms with Gasteiger partial charge in [0.1, 0.15) is 11.8 Å². The fourth-order valence-corrected chi connectivity index (χ4v) is 3.12. The lowest BCUT2D eigenvalue weighted by atomic mass is 10.0. The molecule has 116 valence electrons. The molecule has 0 saturated carbocycles. The van der Waals surface area contributed by atoms with Gasteiger partial charge in [-0.3, -0.25) is 14.6 Å². The highest BCUT2D eigenvalue weighted by atomic mass is 35.5. The SMILES string of the molecule is CCN1CCN(C(C(=O)O)c2ccc(O)c(Cl)c2)CC1C. The molecule has 2 atom stereocenters. The molecule has 1 heterocycles. The monoisotopic (exact) mass is 312 g/mol. The molecule has 0 radical (unpaired) electrons. The van der Waals surface area contributed by atoms with E-state index < -0.39 is 12.0 Å². The molecule has 21 heavy (non-hydrogen) atoms. The van der Waals surface area contributed by atoms with Gasteiger partial charge in [0.25, 0.3) is 0 Å². The van der Waals surface area contributed by atoms with E-state index in [0.717, 1.165) is 13.1 Å². The molecular weight excluding hydrogens is 292 g/mol.